The summed E-state index contributed by atoms with van der Waals surface area (Å²) in [4.78, 5) is 20.9. The van der Waals surface area contributed by atoms with E-state index >= 15 is 0 Å². The highest BCUT2D eigenvalue weighted by molar-refractivity contribution is 6.03. The van der Waals surface area contributed by atoms with Crippen LogP contribution in [-0.4, -0.2) is 35.6 Å². The van der Waals surface area contributed by atoms with E-state index in [-0.39, 0.29) is 11.6 Å². The molecule has 2 aromatic rings. The molecule has 1 amide bonds. The van der Waals surface area contributed by atoms with Gasteiger partial charge in [0.25, 0.3) is 5.91 Å². The van der Waals surface area contributed by atoms with Gasteiger partial charge < -0.3 is 20.1 Å². The summed E-state index contributed by atoms with van der Waals surface area (Å²) in [5, 5.41) is 5.78. The van der Waals surface area contributed by atoms with E-state index in [0.717, 1.165) is 0 Å². The lowest BCUT2D eigenvalue weighted by molar-refractivity contribution is 0.102. The Labute approximate surface area is 139 Å². The molecule has 0 aliphatic carbocycles. The number of benzene rings is 1. The summed E-state index contributed by atoms with van der Waals surface area (Å²) in [5.74, 6) is 1.36. The van der Waals surface area contributed by atoms with Crippen molar-refractivity contribution in [3.05, 3.63) is 48.3 Å². The summed E-state index contributed by atoms with van der Waals surface area (Å²) in [6.07, 6.45) is 1.70. The molecule has 0 atom stereocenters. The zero-order chi connectivity index (χ0) is 16.9. The van der Waals surface area contributed by atoms with Crippen molar-refractivity contribution in [2.75, 3.05) is 30.4 Å². The second-order valence-corrected chi connectivity index (χ2v) is 5.20. The van der Waals surface area contributed by atoms with Gasteiger partial charge in [-0.15, -0.1) is 6.58 Å². The number of aryl methyl sites for hydroxylation is 1. The smallest absolute Gasteiger partial charge is 0.274 e. The Morgan fingerprint density at radius 3 is 2.83 bits per heavy atom. The quantitative estimate of drug-likeness (QED) is 0.821. The van der Waals surface area contributed by atoms with Gasteiger partial charge in [-0.1, -0.05) is 6.08 Å². The number of aromatic nitrogens is 2. The van der Waals surface area contributed by atoms with E-state index < -0.39 is 0 Å². The highest BCUT2D eigenvalue weighted by Gasteiger charge is 2.15. The third-order valence-corrected chi connectivity index (χ3v) is 3.29. The monoisotopic (exact) mass is 326 g/mol. The molecule has 1 aliphatic heterocycles. The summed E-state index contributed by atoms with van der Waals surface area (Å²) in [7, 11) is 0. The number of hydrogen-bond acceptors (Lipinski definition) is 6. The van der Waals surface area contributed by atoms with Crippen molar-refractivity contribution in [3.8, 4) is 11.5 Å². The van der Waals surface area contributed by atoms with Crippen molar-refractivity contribution in [2.24, 2.45) is 0 Å². The van der Waals surface area contributed by atoms with Crippen molar-refractivity contribution < 1.29 is 14.3 Å². The minimum atomic E-state index is -0.321. The number of hydrogen-bond donors (Lipinski definition) is 2. The first-order valence-corrected chi connectivity index (χ1v) is 7.57. The van der Waals surface area contributed by atoms with Gasteiger partial charge in [-0.05, 0) is 25.1 Å². The van der Waals surface area contributed by atoms with Crippen LogP contribution >= 0.6 is 0 Å². The van der Waals surface area contributed by atoms with E-state index in [1.165, 1.54) is 0 Å². The molecule has 0 saturated heterocycles. The van der Waals surface area contributed by atoms with E-state index in [0.29, 0.717) is 48.6 Å². The maximum absolute atomic E-state index is 12.4. The fraction of sp³-hybridized carbons (Fsp3) is 0.235. The van der Waals surface area contributed by atoms with Crippen LogP contribution in [0, 0.1) is 6.92 Å². The van der Waals surface area contributed by atoms with Crippen LogP contribution in [0.2, 0.25) is 0 Å². The number of ether oxygens (including phenoxy) is 2. The van der Waals surface area contributed by atoms with E-state index in [1.807, 2.05) is 6.92 Å². The number of nitrogens with one attached hydrogen (secondary N) is 2. The highest BCUT2D eigenvalue weighted by Crippen LogP contribution is 2.32. The minimum absolute atomic E-state index is 0.281. The summed E-state index contributed by atoms with van der Waals surface area (Å²) in [6, 6.07) is 6.90. The average Bonchev–Trinajstić information content (AvgIpc) is 2.59. The molecule has 2 N–H and O–H groups in total. The molecule has 3 rings (SSSR count). The van der Waals surface area contributed by atoms with Crippen LogP contribution in [0.4, 0.5) is 11.6 Å². The molecule has 0 spiro atoms. The second kappa shape index (κ2) is 6.99. The molecule has 0 bridgehead atoms. The zero-order valence-corrected chi connectivity index (χ0v) is 13.3. The van der Waals surface area contributed by atoms with Gasteiger partial charge >= 0.3 is 0 Å². The Morgan fingerprint density at radius 2 is 2.04 bits per heavy atom. The van der Waals surface area contributed by atoms with Crippen LogP contribution in [0.1, 0.15) is 16.2 Å². The fourth-order valence-electron chi connectivity index (χ4n) is 2.24. The molecule has 1 aromatic carbocycles. The van der Waals surface area contributed by atoms with Crippen LogP contribution in [0.25, 0.3) is 0 Å². The van der Waals surface area contributed by atoms with Gasteiger partial charge in [0, 0.05) is 24.0 Å². The Morgan fingerprint density at radius 1 is 1.25 bits per heavy atom. The second-order valence-electron chi connectivity index (χ2n) is 5.20. The normalized spacial score (nSPS) is 12.4. The number of carbonyl (C=O) groups excluding carboxylic acids is 1. The van der Waals surface area contributed by atoms with Gasteiger partial charge in [0.2, 0.25) is 5.95 Å². The van der Waals surface area contributed by atoms with E-state index in [1.54, 1.807) is 30.3 Å². The fourth-order valence-corrected chi connectivity index (χ4v) is 2.24. The summed E-state index contributed by atoms with van der Waals surface area (Å²) in [5.41, 5.74) is 1.59. The summed E-state index contributed by atoms with van der Waals surface area (Å²) >= 11 is 0. The van der Waals surface area contributed by atoms with Crippen molar-refractivity contribution >= 4 is 17.5 Å². The minimum Gasteiger partial charge on any atom is -0.486 e. The lowest BCUT2D eigenvalue weighted by Gasteiger charge is -2.19. The summed E-state index contributed by atoms with van der Waals surface area (Å²) < 4.78 is 11.0. The van der Waals surface area contributed by atoms with Crippen molar-refractivity contribution in [2.45, 2.75) is 6.92 Å². The third kappa shape index (κ3) is 3.62. The molecule has 1 aromatic heterocycles. The molecular weight excluding hydrogens is 308 g/mol. The number of anilines is 2. The first-order chi connectivity index (χ1) is 11.7. The van der Waals surface area contributed by atoms with E-state index in [4.69, 9.17) is 9.47 Å². The SMILES string of the molecule is C=CCNc1nc(C)cc(C(=O)Nc2ccc3c(c2)OCCO3)n1. The molecule has 7 nitrogen and oxygen atoms in total. The average molecular weight is 326 g/mol. The molecule has 24 heavy (non-hydrogen) atoms. The van der Waals surface area contributed by atoms with Gasteiger partial charge in [0.05, 0.1) is 0 Å². The van der Waals surface area contributed by atoms with Gasteiger partial charge in [-0.2, -0.15) is 0 Å². The molecule has 124 valence electrons. The number of nitrogens with zero attached hydrogens (tertiary/aromatic N) is 2. The van der Waals surface area contributed by atoms with Crippen molar-refractivity contribution in [1.82, 2.24) is 9.97 Å². The maximum Gasteiger partial charge on any atom is 0.274 e. The van der Waals surface area contributed by atoms with Gasteiger partial charge in [0.1, 0.15) is 18.9 Å². The third-order valence-electron chi connectivity index (χ3n) is 3.29. The van der Waals surface area contributed by atoms with Gasteiger partial charge in [0.15, 0.2) is 11.5 Å². The standard InChI is InChI=1S/C17H18N4O3/c1-3-6-18-17-19-11(2)9-13(21-17)16(22)20-12-4-5-14-15(10-12)24-8-7-23-14/h3-5,9-10H,1,6-8H2,2H3,(H,20,22)(H,18,19,21). The molecular formula is C17H18N4O3. The van der Waals surface area contributed by atoms with Gasteiger partial charge in [-0.3, -0.25) is 4.79 Å². The van der Waals surface area contributed by atoms with Gasteiger partial charge in [-0.25, -0.2) is 9.97 Å². The topological polar surface area (TPSA) is 85.4 Å². The van der Waals surface area contributed by atoms with E-state index in [9.17, 15) is 4.79 Å². The Hall–Kier alpha value is -3.09. The van der Waals surface area contributed by atoms with Crippen LogP contribution < -0.4 is 20.1 Å². The summed E-state index contributed by atoms with van der Waals surface area (Å²) in [6.45, 7) is 6.98. The largest absolute Gasteiger partial charge is 0.486 e. The molecule has 7 heteroatoms. The zero-order valence-electron chi connectivity index (χ0n) is 13.3. The Kier molecular flexibility index (Phi) is 4.60. The van der Waals surface area contributed by atoms with Crippen molar-refractivity contribution in [3.63, 3.8) is 0 Å². The first-order valence-electron chi connectivity index (χ1n) is 7.57. The predicted octanol–water partition coefficient (Wildman–Crippen LogP) is 2.41. The first kappa shape index (κ1) is 15.8. The number of amides is 1. The number of fused-ring (bicyclic) bond motifs is 1. The lowest BCUT2D eigenvalue weighted by atomic mass is 10.2. The van der Waals surface area contributed by atoms with E-state index in [2.05, 4.69) is 27.2 Å². The van der Waals surface area contributed by atoms with Crippen LogP contribution in [0.15, 0.2) is 36.9 Å². The molecule has 0 unspecified atom stereocenters. The van der Waals surface area contributed by atoms with Crippen LogP contribution in [0.3, 0.4) is 0 Å². The lowest BCUT2D eigenvalue weighted by Crippen LogP contribution is -2.18. The number of carbonyl (C=O) groups is 1. The maximum atomic E-state index is 12.4. The predicted molar refractivity (Wildman–Crippen MR) is 90.8 cm³/mol. The van der Waals surface area contributed by atoms with Crippen LogP contribution in [0.5, 0.6) is 11.5 Å². The Bertz CT molecular complexity index is 776. The highest BCUT2D eigenvalue weighted by atomic mass is 16.6. The molecule has 0 fully saturated rings. The van der Waals surface area contributed by atoms with Crippen molar-refractivity contribution in [1.29, 1.82) is 0 Å². The molecule has 2 heterocycles. The molecule has 0 saturated carbocycles. The molecule has 1 aliphatic rings. The van der Waals surface area contributed by atoms with Crippen LogP contribution in [-0.2, 0) is 0 Å². The Balaban J connectivity index is 1.77. The molecule has 0 radical (unpaired) electrons. The number of rotatable bonds is 5.